The Morgan fingerprint density at radius 2 is 1.86 bits per heavy atom. The molecule has 0 bridgehead atoms. The summed E-state index contributed by atoms with van der Waals surface area (Å²) in [4.78, 5) is 21.7. The number of carbonyl (C=O) groups excluding carboxylic acids is 1. The van der Waals surface area contributed by atoms with E-state index in [-0.39, 0.29) is 30.7 Å². The molecule has 0 unspecified atom stereocenters. The molecule has 3 fully saturated rings. The van der Waals surface area contributed by atoms with Crippen molar-refractivity contribution in [3.8, 4) is 0 Å². The van der Waals surface area contributed by atoms with Gasteiger partial charge in [0.25, 0.3) is 5.91 Å². The molecule has 0 aromatic carbocycles. The van der Waals surface area contributed by atoms with Crippen molar-refractivity contribution in [1.82, 2.24) is 25.2 Å². The number of hydrogen-bond acceptors (Lipinski definition) is 4. The summed E-state index contributed by atoms with van der Waals surface area (Å²) in [5.41, 5.74) is 2.84. The lowest BCUT2D eigenvalue weighted by atomic mass is 9.60. The van der Waals surface area contributed by atoms with Crippen molar-refractivity contribution in [2.24, 2.45) is 5.41 Å². The largest absolute Gasteiger partial charge is 0.349 e. The molecular formula is C20H29Cl2N5O. The second-order valence-electron chi connectivity index (χ2n) is 8.49. The highest BCUT2D eigenvalue weighted by molar-refractivity contribution is 5.96. The Kier molecular flexibility index (Phi) is 6.52. The minimum absolute atomic E-state index is 0. The van der Waals surface area contributed by atoms with Crippen LogP contribution in [0, 0.1) is 5.41 Å². The van der Waals surface area contributed by atoms with Crippen molar-refractivity contribution >= 4 is 41.9 Å². The Bertz CT molecular complexity index is 819. The number of aromatic nitrogens is 3. The predicted octanol–water partition coefficient (Wildman–Crippen LogP) is 3.65. The molecule has 28 heavy (non-hydrogen) atoms. The molecule has 1 saturated heterocycles. The van der Waals surface area contributed by atoms with Gasteiger partial charge in [0.15, 0.2) is 5.65 Å². The van der Waals surface area contributed by atoms with E-state index in [4.69, 9.17) is 0 Å². The molecule has 0 atom stereocenters. The first-order valence-electron chi connectivity index (χ1n) is 10.1. The number of nitrogens with zero attached hydrogens (tertiary/aromatic N) is 3. The van der Waals surface area contributed by atoms with E-state index < -0.39 is 0 Å². The Labute approximate surface area is 178 Å². The van der Waals surface area contributed by atoms with Crippen LogP contribution in [0.2, 0.25) is 0 Å². The lowest BCUT2D eigenvalue weighted by Crippen LogP contribution is -2.54. The fourth-order valence-electron chi connectivity index (χ4n) is 5.21. The van der Waals surface area contributed by atoms with E-state index in [1.807, 2.05) is 12.4 Å². The van der Waals surface area contributed by atoms with Crippen LogP contribution in [0.1, 0.15) is 67.8 Å². The molecule has 3 heterocycles. The monoisotopic (exact) mass is 425 g/mol. The first kappa shape index (κ1) is 21.3. The maximum absolute atomic E-state index is 12.6. The Morgan fingerprint density at radius 1 is 1.14 bits per heavy atom. The van der Waals surface area contributed by atoms with E-state index in [0.29, 0.717) is 23.1 Å². The van der Waals surface area contributed by atoms with E-state index in [9.17, 15) is 4.79 Å². The first-order valence-corrected chi connectivity index (χ1v) is 10.1. The van der Waals surface area contributed by atoms with Gasteiger partial charge in [-0.2, -0.15) is 0 Å². The molecule has 8 heteroatoms. The molecule has 5 rings (SSSR count). The Morgan fingerprint density at radius 3 is 2.57 bits per heavy atom. The van der Waals surface area contributed by atoms with Gasteiger partial charge in [-0.3, -0.25) is 4.79 Å². The minimum Gasteiger partial charge on any atom is -0.349 e. The number of amides is 1. The van der Waals surface area contributed by atoms with Gasteiger partial charge in [0.1, 0.15) is 5.52 Å². The second kappa shape index (κ2) is 8.56. The van der Waals surface area contributed by atoms with Gasteiger partial charge in [0.2, 0.25) is 0 Å². The van der Waals surface area contributed by atoms with Crippen LogP contribution in [-0.2, 0) is 0 Å². The standard InChI is InChI=1S/C20H27N5O.2ClH/c26-19(24-15-10-20(11-15)5-7-21-8-6-20)14-9-17-18(22-12-14)25(13-23-17)16-3-1-2-4-16;;/h9,12-13,15-16,21H,1-8,10-11H2,(H,24,26);2*1H. The van der Waals surface area contributed by atoms with E-state index in [0.717, 1.165) is 37.1 Å². The first-order chi connectivity index (χ1) is 12.7. The summed E-state index contributed by atoms with van der Waals surface area (Å²) in [6.07, 6.45) is 13.3. The van der Waals surface area contributed by atoms with Crippen molar-refractivity contribution in [3.05, 3.63) is 24.2 Å². The number of rotatable bonds is 3. The Balaban J connectivity index is 0.00000112. The summed E-state index contributed by atoms with van der Waals surface area (Å²) in [5, 5.41) is 6.62. The zero-order chi connectivity index (χ0) is 17.6. The Hall–Kier alpha value is -1.37. The number of piperidine rings is 1. The number of hydrogen-bond donors (Lipinski definition) is 2. The molecule has 154 valence electrons. The lowest BCUT2D eigenvalue weighted by Gasteiger charge is -2.50. The third-order valence-corrected chi connectivity index (χ3v) is 6.75. The van der Waals surface area contributed by atoms with Crippen molar-refractivity contribution < 1.29 is 4.79 Å². The maximum atomic E-state index is 12.6. The molecule has 1 amide bonds. The van der Waals surface area contributed by atoms with Crippen LogP contribution in [-0.4, -0.2) is 39.6 Å². The zero-order valence-electron chi connectivity index (χ0n) is 16.0. The fraction of sp³-hybridized carbons (Fsp3) is 0.650. The molecule has 2 aromatic heterocycles. The van der Waals surface area contributed by atoms with Crippen LogP contribution in [0.15, 0.2) is 18.6 Å². The highest BCUT2D eigenvalue weighted by Gasteiger charge is 2.45. The van der Waals surface area contributed by atoms with E-state index in [2.05, 4.69) is 25.2 Å². The van der Waals surface area contributed by atoms with Gasteiger partial charge in [0, 0.05) is 18.3 Å². The summed E-state index contributed by atoms with van der Waals surface area (Å²) in [7, 11) is 0. The number of imidazole rings is 1. The SMILES string of the molecule is Cl.Cl.O=C(NC1CC2(CCNCC2)C1)c1cnc2c(c1)ncn2C1CCCC1. The summed E-state index contributed by atoms with van der Waals surface area (Å²) in [6.45, 7) is 2.23. The molecule has 1 spiro atoms. The molecule has 0 radical (unpaired) electrons. The highest BCUT2D eigenvalue weighted by atomic mass is 35.5. The molecule has 2 aromatic rings. The smallest absolute Gasteiger partial charge is 0.253 e. The van der Waals surface area contributed by atoms with Crippen LogP contribution in [0.5, 0.6) is 0 Å². The quantitative estimate of drug-likeness (QED) is 0.786. The van der Waals surface area contributed by atoms with Gasteiger partial charge in [0.05, 0.1) is 11.9 Å². The maximum Gasteiger partial charge on any atom is 0.253 e. The average Bonchev–Trinajstić information content (AvgIpc) is 3.30. The summed E-state index contributed by atoms with van der Waals surface area (Å²) in [5.74, 6) is -0.0106. The number of pyridine rings is 1. The molecule has 2 N–H and O–H groups in total. The van der Waals surface area contributed by atoms with Gasteiger partial charge in [-0.1, -0.05) is 12.8 Å². The number of carbonyl (C=O) groups is 1. The topological polar surface area (TPSA) is 71.8 Å². The van der Waals surface area contributed by atoms with Crippen molar-refractivity contribution in [3.63, 3.8) is 0 Å². The van der Waals surface area contributed by atoms with Crippen LogP contribution < -0.4 is 10.6 Å². The van der Waals surface area contributed by atoms with Crippen LogP contribution in [0.25, 0.3) is 11.2 Å². The highest BCUT2D eigenvalue weighted by Crippen LogP contribution is 2.47. The minimum atomic E-state index is -0.0106. The fourth-order valence-corrected chi connectivity index (χ4v) is 5.21. The molecule has 2 saturated carbocycles. The summed E-state index contributed by atoms with van der Waals surface area (Å²) in [6, 6.07) is 2.72. The van der Waals surface area contributed by atoms with Crippen LogP contribution >= 0.6 is 24.8 Å². The van der Waals surface area contributed by atoms with E-state index >= 15 is 0 Å². The van der Waals surface area contributed by atoms with Gasteiger partial charge in [-0.15, -0.1) is 24.8 Å². The summed E-state index contributed by atoms with van der Waals surface area (Å²) < 4.78 is 2.19. The van der Waals surface area contributed by atoms with E-state index in [1.165, 1.54) is 38.5 Å². The average molecular weight is 426 g/mol. The van der Waals surface area contributed by atoms with Gasteiger partial charge in [-0.05, 0) is 63.1 Å². The molecule has 1 aliphatic heterocycles. The zero-order valence-corrected chi connectivity index (χ0v) is 17.7. The number of nitrogens with one attached hydrogen (secondary N) is 2. The van der Waals surface area contributed by atoms with E-state index in [1.54, 1.807) is 6.20 Å². The van der Waals surface area contributed by atoms with Crippen molar-refractivity contribution in [1.29, 1.82) is 0 Å². The van der Waals surface area contributed by atoms with Crippen molar-refractivity contribution in [2.45, 2.75) is 63.5 Å². The van der Waals surface area contributed by atoms with Gasteiger partial charge < -0.3 is 15.2 Å². The molecule has 6 nitrogen and oxygen atoms in total. The third kappa shape index (κ3) is 3.87. The number of fused-ring (bicyclic) bond motifs is 1. The van der Waals surface area contributed by atoms with Crippen molar-refractivity contribution in [2.75, 3.05) is 13.1 Å². The predicted molar refractivity (Wildman–Crippen MR) is 115 cm³/mol. The van der Waals surface area contributed by atoms with Gasteiger partial charge >= 0.3 is 0 Å². The lowest BCUT2D eigenvalue weighted by molar-refractivity contribution is 0.0423. The molecule has 3 aliphatic rings. The third-order valence-electron chi connectivity index (χ3n) is 6.75. The van der Waals surface area contributed by atoms with Gasteiger partial charge in [-0.25, -0.2) is 9.97 Å². The van der Waals surface area contributed by atoms with Crippen LogP contribution in [0.3, 0.4) is 0 Å². The normalized spacial score (nSPS) is 21.7. The second-order valence-corrected chi connectivity index (χ2v) is 8.49. The number of halogens is 2. The summed E-state index contributed by atoms with van der Waals surface area (Å²) >= 11 is 0. The molecular weight excluding hydrogens is 397 g/mol. The van der Waals surface area contributed by atoms with Crippen LogP contribution in [0.4, 0.5) is 0 Å². The molecule has 2 aliphatic carbocycles.